The molecule has 0 aliphatic rings. The van der Waals surface area contributed by atoms with Crippen molar-refractivity contribution >= 4 is 22.5 Å². The fourth-order valence-corrected chi connectivity index (χ4v) is 2.52. The number of hydrogen-bond donors (Lipinski definition) is 1. The van der Waals surface area contributed by atoms with Gasteiger partial charge in [-0.2, -0.15) is 0 Å². The summed E-state index contributed by atoms with van der Waals surface area (Å²) in [6.45, 7) is 9.79. The van der Waals surface area contributed by atoms with Gasteiger partial charge in [0.05, 0.1) is 16.9 Å². The monoisotopic (exact) mass is 307 g/mol. The lowest BCUT2D eigenvalue weighted by Crippen LogP contribution is -2.32. The number of nitrogens with one attached hydrogen (secondary N) is 1. The fraction of sp³-hybridized carbons (Fsp3) is 0.500. The summed E-state index contributed by atoms with van der Waals surface area (Å²) < 4.78 is 1.73. The van der Waals surface area contributed by atoms with Crippen LogP contribution in [0.15, 0.2) is 23.0 Å². The number of rotatable bonds is 5. The zero-order chi connectivity index (χ0) is 15.6. The summed E-state index contributed by atoms with van der Waals surface area (Å²) >= 11 is 6.01. The normalized spacial score (nSPS) is 13.0. The zero-order valence-corrected chi connectivity index (χ0v) is 13.7. The van der Waals surface area contributed by atoms with Gasteiger partial charge >= 0.3 is 0 Å². The summed E-state index contributed by atoms with van der Waals surface area (Å²) in [5.41, 5.74) is 0.651. The summed E-state index contributed by atoms with van der Waals surface area (Å²) in [6.07, 6.45) is 0. The Hall–Kier alpha value is -1.39. The van der Waals surface area contributed by atoms with E-state index in [0.717, 1.165) is 12.4 Å². The molecular weight excluding hydrogens is 286 g/mol. The Morgan fingerprint density at radius 3 is 2.67 bits per heavy atom. The van der Waals surface area contributed by atoms with Gasteiger partial charge in [-0.25, -0.2) is 4.98 Å². The third-order valence-corrected chi connectivity index (χ3v) is 3.72. The van der Waals surface area contributed by atoms with Gasteiger partial charge in [0.1, 0.15) is 5.82 Å². The van der Waals surface area contributed by atoms with E-state index in [0.29, 0.717) is 28.4 Å². The minimum Gasteiger partial charge on any atom is -0.307 e. The molecule has 1 N–H and O–H groups in total. The lowest BCUT2D eigenvalue weighted by Gasteiger charge is -2.19. The van der Waals surface area contributed by atoms with Crippen molar-refractivity contribution in [1.82, 2.24) is 14.9 Å². The van der Waals surface area contributed by atoms with Gasteiger partial charge in [-0.15, -0.1) is 0 Å². The van der Waals surface area contributed by atoms with Crippen LogP contribution in [-0.4, -0.2) is 16.1 Å². The minimum absolute atomic E-state index is 0.00707. The maximum absolute atomic E-state index is 12.6. The van der Waals surface area contributed by atoms with Crippen molar-refractivity contribution in [3.05, 3.63) is 39.4 Å². The van der Waals surface area contributed by atoms with Crippen LogP contribution >= 0.6 is 11.6 Å². The highest BCUT2D eigenvalue weighted by Crippen LogP contribution is 2.18. The minimum atomic E-state index is -0.00707. The molecule has 21 heavy (non-hydrogen) atoms. The molecule has 0 saturated carbocycles. The number of halogens is 1. The van der Waals surface area contributed by atoms with E-state index in [9.17, 15) is 4.79 Å². The quantitative estimate of drug-likeness (QED) is 0.921. The molecule has 1 heterocycles. The lowest BCUT2D eigenvalue weighted by atomic mass is 10.2. The first-order chi connectivity index (χ1) is 9.93. The van der Waals surface area contributed by atoms with Gasteiger partial charge in [0.15, 0.2) is 0 Å². The van der Waals surface area contributed by atoms with E-state index < -0.39 is 0 Å². The molecule has 0 amide bonds. The predicted molar refractivity (Wildman–Crippen MR) is 87.9 cm³/mol. The Balaban J connectivity index is 2.53. The summed E-state index contributed by atoms with van der Waals surface area (Å²) in [6, 6.07) is 5.24. The summed E-state index contributed by atoms with van der Waals surface area (Å²) in [5, 5.41) is 4.63. The zero-order valence-electron chi connectivity index (χ0n) is 13.0. The van der Waals surface area contributed by atoms with Crippen LogP contribution in [0.25, 0.3) is 10.9 Å². The topological polar surface area (TPSA) is 46.9 Å². The Morgan fingerprint density at radius 2 is 2.05 bits per heavy atom. The molecule has 114 valence electrons. The molecule has 0 bridgehead atoms. The van der Waals surface area contributed by atoms with Gasteiger partial charge in [-0.1, -0.05) is 25.4 Å². The van der Waals surface area contributed by atoms with Crippen LogP contribution in [0.1, 0.15) is 39.6 Å². The molecule has 1 aromatic heterocycles. The second kappa shape index (κ2) is 6.58. The van der Waals surface area contributed by atoms with E-state index in [1.165, 1.54) is 0 Å². The molecule has 1 aromatic carbocycles. The molecule has 0 aliphatic carbocycles. The van der Waals surface area contributed by atoms with Crippen LogP contribution in [0.4, 0.5) is 0 Å². The average molecular weight is 308 g/mol. The first-order valence-electron chi connectivity index (χ1n) is 7.37. The Morgan fingerprint density at radius 1 is 1.33 bits per heavy atom. The van der Waals surface area contributed by atoms with E-state index >= 15 is 0 Å². The van der Waals surface area contributed by atoms with Crippen molar-refractivity contribution in [1.29, 1.82) is 0 Å². The van der Waals surface area contributed by atoms with Gasteiger partial charge in [0.2, 0.25) is 0 Å². The molecule has 0 radical (unpaired) electrons. The third kappa shape index (κ3) is 3.44. The van der Waals surface area contributed by atoms with E-state index in [1.54, 1.807) is 22.8 Å². The number of fused-ring (bicyclic) bond motifs is 1. The van der Waals surface area contributed by atoms with Gasteiger partial charge in [0.25, 0.3) is 5.56 Å². The predicted octanol–water partition coefficient (Wildman–Crippen LogP) is 3.38. The Kier molecular flexibility index (Phi) is 5.01. The van der Waals surface area contributed by atoms with Crippen LogP contribution < -0.4 is 10.9 Å². The third-order valence-electron chi connectivity index (χ3n) is 3.48. The maximum atomic E-state index is 12.6. The van der Waals surface area contributed by atoms with E-state index in [-0.39, 0.29) is 11.6 Å². The smallest absolute Gasteiger partial charge is 0.261 e. The van der Waals surface area contributed by atoms with Crippen LogP contribution in [0.2, 0.25) is 5.02 Å². The van der Waals surface area contributed by atoms with Crippen LogP contribution in [0.3, 0.4) is 0 Å². The van der Waals surface area contributed by atoms with E-state index in [2.05, 4.69) is 24.1 Å². The molecule has 4 nitrogen and oxygen atoms in total. The number of benzene rings is 1. The Bertz CT molecular complexity index is 694. The summed E-state index contributed by atoms with van der Waals surface area (Å²) in [7, 11) is 0. The molecule has 0 unspecified atom stereocenters. The molecule has 5 heteroatoms. The second-order valence-electron chi connectivity index (χ2n) is 5.70. The van der Waals surface area contributed by atoms with Crippen molar-refractivity contribution in [2.24, 2.45) is 5.92 Å². The molecule has 2 rings (SSSR count). The highest BCUT2D eigenvalue weighted by atomic mass is 35.5. The van der Waals surface area contributed by atoms with Crippen molar-refractivity contribution in [3.8, 4) is 0 Å². The molecule has 2 aromatic rings. The van der Waals surface area contributed by atoms with Crippen molar-refractivity contribution in [3.63, 3.8) is 0 Å². The standard InChI is InChI=1S/C16H22ClN3O/c1-5-20-15(11(4)18-9-10(2)3)19-14-8-12(17)6-7-13(14)16(20)21/h6-8,10-11,18H,5,9H2,1-4H3/t11-/m1/s1. The molecule has 0 fully saturated rings. The van der Waals surface area contributed by atoms with Crippen molar-refractivity contribution in [2.75, 3.05) is 6.54 Å². The molecule has 0 spiro atoms. The number of nitrogens with zero attached hydrogens (tertiary/aromatic N) is 2. The maximum Gasteiger partial charge on any atom is 0.261 e. The largest absolute Gasteiger partial charge is 0.307 e. The summed E-state index contributed by atoms with van der Waals surface area (Å²) in [4.78, 5) is 17.2. The second-order valence-corrected chi connectivity index (χ2v) is 6.14. The summed E-state index contributed by atoms with van der Waals surface area (Å²) in [5.74, 6) is 1.31. The van der Waals surface area contributed by atoms with E-state index in [1.807, 2.05) is 13.8 Å². The fourth-order valence-electron chi connectivity index (χ4n) is 2.35. The average Bonchev–Trinajstić information content (AvgIpc) is 2.44. The van der Waals surface area contributed by atoms with Gasteiger partial charge in [-0.3, -0.25) is 9.36 Å². The first kappa shape index (κ1) is 16.0. The van der Waals surface area contributed by atoms with Gasteiger partial charge < -0.3 is 5.32 Å². The SMILES string of the molecule is CCn1c([C@@H](C)NCC(C)C)nc2cc(Cl)ccc2c1=O. The number of aromatic nitrogens is 2. The van der Waals surface area contributed by atoms with Gasteiger partial charge in [0, 0.05) is 11.6 Å². The van der Waals surface area contributed by atoms with Crippen LogP contribution in [0.5, 0.6) is 0 Å². The van der Waals surface area contributed by atoms with Crippen LogP contribution in [0, 0.1) is 5.92 Å². The number of hydrogen-bond acceptors (Lipinski definition) is 3. The van der Waals surface area contributed by atoms with Crippen molar-refractivity contribution < 1.29 is 0 Å². The molecule has 0 saturated heterocycles. The Labute approximate surface area is 130 Å². The molecular formula is C16H22ClN3O. The first-order valence-corrected chi connectivity index (χ1v) is 7.75. The highest BCUT2D eigenvalue weighted by molar-refractivity contribution is 6.31. The molecule has 0 aliphatic heterocycles. The lowest BCUT2D eigenvalue weighted by molar-refractivity contribution is 0.461. The van der Waals surface area contributed by atoms with Gasteiger partial charge in [-0.05, 0) is 44.5 Å². The van der Waals surface area contributed by atoms with Crippen molar-refractivity contribution in [2.45, 2.75) is 40.3 Å². The van der Waals surface area contributed by atoms with Crippen LogP contribution in [-0.2, 0) is 6.54 Å². The van der Waals surface area contributed by atoms with E-state index in [4.69, 9.17) is 11.6 Å². The highest BCUT2D eigenvalue weighted by Gasteiger charge is 2.15. The molecule has 1 atom stereocenters.